The Labute approximate surface area is 155 Å². The van der Waals surface area contributed by atoms with Crippen LogP contribution >= 0.6 is 0 Å². The monoisotopic (exact) mass is 454 g/mol. The number of hydrogen-bond donors (Lipinski definition) is 1. The van der Waals surface area contributed by atoms with Crippen LogP contribution in [-0.2, 0) is 4.74 Å². The maximum Gasteiger partial charge on any atom is 0.426 e. The number of halogens is 12. The smallest absolute Gasteiger partial charge is 0.374 e. The maximum atomic E-state index is 13.5. The van der Waals surface area contributed by atoms with Crippen LogP contribution in [0.4, 0.5) is 52.7 Å². The number of alkyl halides is 12. The summed E-state index contributed by atoms with van der Waals surface area (Å²) in [6.07, 6.45) is -32.5. The van der Waals surface area contributed by atoms with Gasteiger partial charge in [-0.15, -0.1) is 0 Å². The van der Waals surface area contributed by atoms with Crippen molar-refractivity contribution in [1.82, 2.24) is 0 Å². The first kappa shape index (κ1) is 22.8. The van der Waals surface area contributed by atoms with Gasteiger partial charge in [0.1, 0.15) is 0 Å². The molecule has 170 valence electrons. The summed E-state index contributed by atoms with van der Waals surface area (Å²) in [5, 5.41) is 9.02. The normalized spacial score (nSPS) is 32.8. The Morgan fingerprint density at radius 3 is 1.34 bits per heavy atom. The zero-order valence-electron chi connectivity index (χ0n) is 14.1. The molecule has 0 spiro atoms. The largest absolute Gasteiger partial charge is 0.426 e. The zero-order chi connectivity index (χ0) is 22.4. The summed E-state index contributed by atoms with van der Waals surface area (Å²) in [6.45, 7) is 0. The van der Waals surface area contributed by atoms with E-state index in [0.29, 0.717) is 12.8 Å². The molecule has 3 atom stereocenters. The summed E-state index contributed by atoms with van der Waals surface area (Å²) < 4.78 is 162. The van der Waals surface area contributed by atoms with E-state index < -0.39 is 66.7 Å². The standard InChI is InChI=1S/C15H14F12O2/c16-12(17,18)10(28,13(19,20)21)1-2-11(14(22,23)24,15(25,26)27)29-9-5-3-6-7(4-5)8(6)9/h5-9,28H,1-4H2. The quantitative estimate of drug-likeness (QED) is 0.582. The highest BCUT2D eigenvalue weighted by molar-refractivity contribution is 5.18. The zero-order valence-corrected chi connectivity index (χ0v) is 14.1. The van der Waals surface area contributed by atoms with Gasteiger partial charge in [-0.25, -0.2) is 0 Å². The van der Waals surface area contributed by atoms with E-state index in [9.17, 15) is 52.7 Å². The van der Waals surface area contributed by atoms with Gasteiger partial charge in [0.05, 0.1) is 6.10 Å². The van der Waals surface area contributed by atoms with Crippen LogP contribution < -0.4 is 0 Å². The minimum atomic E-state index is -6.55. The van der Waals surface area contributed by atoms with Gasteiger partial charge >= 0.3 is 24.7 Å². The first-order valence-electron chi connectivity index (χ1n) is 8.44. The Hall–Kier alpha value is -0.920. The van der Waals surface area contributed by atoms with Crippen molar-refractivity contribution in [2.24, 2.45) is 23.7 Å². The van der Waals surface area contributed by atoms with Gasteiger partial charge in [0.25, 0.3) is 11.2 Å². The highest BCUT2D eigenvalue weighted by Gasteiger charge is 2.79. The molecule has 0 saturated heterocycles. The van der Waals surface area contributed by atoms with Crippen LogP contribution in [-0.4, -0.2) is 47.1 Å². The predicted molar refractivity (Wildman–Crippen MR) is 69.2 cm³/mol. The molecular weight excluding hydrogens is 440 g/mol. The van der Waals surface area contributed by atoms with Crippen LogP contribution in [0.1, 0.15) is 25.7 Å². The minimum absolute atomic E-state index is 0.133. The van der Waals surface area contributed by atoms with E-state index in [2.05, 4.69) is 4.74 Å². The van der Waals surface area contributed by atoms with E-state index in [0.717, 1.165) is 0 Å². The molecule has 3 unspecified atom stereocenters. The SMILES string of the molecule is OC(CCC(OC1C2CC3C(C2)C31)(C(F)(F)F)C(F)(F)F)(C(F)(F)F)C(F)(F)F. The minimum Gasteiger partial charge on any atom is -0.374 e. The van der Waals surface area contributed by atoms with E-state index in [1.54, 1.807) is 0 Å². The highest BCUT2D eigenvalue weighted by atomic mass is 19.4. The van der Waals surface area contributed by atoms with Gasteiger partial charge in [0.15, 0.2) is 0 Å². The molecule has 4 aliphatic rings. The molecule has 4 saturated carbocycles. The number of aliphatic hydroxyl groups is 1. The molecule has 4 aliphatic carbocycles. The lowest BCUT2D eigenvalue weighted by atomic mass is 9.86. The Kier molecular flexibility index (Phi) is 4.76. The van der Waals surface area contributed by atoms with Gasteiger partial charge in [-0.2, -0.15) is 52.7 Å². The highest BCUT2D eigenvalue weighted by Crippen LogP contribution is 2.72. The summed E-state index contributed by atoms with van der Waals surface area (Å²) in [4.78, 5) is 0. The van der Waals surface area contributed by atoms with E-state index >= 15 is 0 Å². The number of ether oxygens (including phenoxy) is 1. The predicted octanol–water partition coefficient (Wildman–Crippen LogP) is 5.16. The molecule has 0 aromatic rings. The summed E-state index contributed by atoms with van der Waals surface area (Å²) in [5.41, 5.74) is -11.0. The molecule has 14 heteroatoms. The second-order valence-corrected chi connectivity index (χ2v) is 7.90. The van der Waals surface area contributed by atoms with Gasteiger partial charge in [0, 0.05) is 0 Å². The van der Waals surface area contributed by atoms with Crippen molar-refractivity contribution in [2.45, 2.75) is 67.7 Å². The number of hydrogen-bond acceptors (Lipinski definition) is 2. The van der Waals surface area contributed by atoms with E-state index in [4.69, 9.17) is 5.11 Å². The van der Waals surface area contributed by atoms with Crippen molar-refractivity contribution in [3.8, 4) is 0 Å². The average Bonchev–Trinajstić information content (AvgIpc) is 2.85. The van der Waals surface area contributed by atoms with Crippen LogP contribution in [0.25, 0.3) is 0 Å². The molecule has 4 bridgehead atoms. The maximum absolute atomic E-state index is 13.5. The lowest BCUT2D eigenvalue weighted by molar-refractivity contribution is -0.407. The van der Waals surface area contributed by atoms with E-state index in [1.807, 2.05) is 0 Å². The van der Waals surface area contributed by atoms with Crippen molar-refractivity contribution in [1.29, 1.82) is 0 Å². The molecule has 0 aromatic heterocycles. The molecule has 2 nitrogen and oxygen atoms in total. The Bertz CT molecular complexity index is 604. The lowest BCUT2D eigenvalue weighted by Gasteiger charge is -2.42. The Balaban J connectivity index is 1.95. The van der Waals surface area contributed by atoms with Crippen LogP contribution in [0.15, 0.2) is 0 Å². The van der Waals surface area contributed by atoms with Crippen LogP contribution in [0, 0.1) is 23.7 Å². The Morgan fingerprint density at radius 2 is 1.07 bits per heavy atom. The summed E-state index contributed by atoms with van der Waals surface area (Å²) in [7, 11) is 0. The van der Waals surface area contributed by atoms with Gasteiger partial charge in [-0.1, -0.05) is 0 Å². The molecule has 0 radical (unpaired) electrons. The van der Waals surface area contributed by atoms with Crippen molar-refractivity contribution in [2.75, 3.05) is 0 Å². The summed E-state index contributed by atoms with van der Waals surface area (Å²) in [5.74, 6) is -1.55. The molecule has 29 heavy (non-hydrogen) atoms. The molecular formula is C15H14F12O2. The Morgan fingerprint density at radius 1 is 0.655 bits per heavy atom. The third kappa shape index (κ3) is 3.19. The van der Waals surface area contributed by atoms with Crippen LogP contribution in [0.3, 0.4) is 0 Å². The number of rotatable bonds is 5. The molecule has 0 amide bonds. The van der Waals surface area contributed by atoms with Gasteiger partial charge in [-0.05, 0) is 49.4 Å². The second-order valence-electron chi connectivity index (χ2n) is 7.90. The van der Waals surface area contributed by atoms with Gasteiger partial charge in [0.2, 0.25) is 0 Å². The van der Waals surface area contributed by atoms with Crippen molar-refractivity contribution >= 4 is 0 Å². The fourth-order valence-electron chi connectivity index (χ4n) is 4.85. The van der Waals surface area contributed by atoms with Crippen LogP contribution in [0.2, 0.25) is 0 Å². The third-order valence-corrected chi connectivity index (χ3v) is 6.42. The van der Waals surface area contributed by atoms with Gasteiger partial charge in [-0.3, -0.25) is 0 Å². The third-order valence-electron chi connectivity index (χ3n) is 6.42. The topological polar surface area (TPSA) is 29.5 Å². The lowest BCUT2D eigenvalue weighted by Crippen LogP contribution is -2.63. The van der Waals surface area contributed by atoms with E-state index in [-0.39, 0.29) is 11.8 Å². The molecule has 1 N–H and O–H groups in total. The molecule has 4 fully saturated rings. The van der Waals surface area contributed by atoms with Crippen molar-refractivity contribution in [3.63, 3.8) is 0 Å². The summed E-state index contributed by atoms with van der Waals surface area (Å²) >= 11 is 0. The molecule has 0 aliphatic heterocycles. The molecule has 4 rings (SSSR count). The molecule has 0 heterocycles. The average molecular weight is 454 g/mol. The fraction of sp³-hybridized carbons (Fsp3) is 1.00. The van der Waals surface area contributed by atoms with E-state index in [1.165, 1.54) is 0 Å². The van der Waals surface area contributed by atoms with Crippen LogP contribution in [0.5, 0.6) is 0 Å². The van der Waals surface area contributed by atoms with Crippen molar-refractivity contribution < 1.29 is 62.5 Å². The second kappa shape index (κ2) is 6.07. The molecule has 0 aromatic carbocycles. The fourth-order valence-corrected chi connectivity index (χ4v) is 4.85. The first-order valence-corrected chi connectivity index (χ1v) is 8.44. The van der Waals surface area contributed by atoms with Crippen molar-refractivity contribution in [3.05, 3.63) is 0 Å². The summed E-state index contributed by atoms with van der Waals surface area (Å²) in [6, 6.07) is 0. The first-order chi connectivity index (χ1) is 12.8. The van der Waals surface area contributed by atoms with Gasteiger partial charge < -0.3 is 9.84 Å².